The van der Waals surface area contributed by atoms with E-state index in [0.29, 0.717) is 37.3 Å². The number of anilines is 2. The number of carbonyl (C=O) groups is 2. The standard InChI is InChI=1S/C25H33N3O4S/c1-17-6-7-21(16-18(17)2)27-33(31,32)22-10-8-20(9-11-22)26-23(29)19-12-14-28(15-13-19)24(30)25(3,4)5/h6-11,16,19,27H,12-15H2,1-5H3,(H,26,29). The first kappa shape index (κ1) is 24.8. The second-order valence-corrected chi connectivity index (χ2v) is 11.4. The summed E-state index contributed by atoms with van der Waals surface area (Å²) in [6.45, 7) is 10.7. The average Bonchev–Trinajstić information content (AvgIpc) is 2.75. The lowest BCUT2D eigenvalue weighted by molar-refractivity contribution is -0.142. The smallest absolute Gasteiger partial charge is 0.261 e. The average molecular weight is 472 g/mol. The molecular formula is C25H33N3O4S. The number of carbonyl (C=O) groups excluding carboxylic acids is 2. The third-order valence-corrected chi connectivity index (χ3v) is 7.38. The molecule has 7 nitrogen and oxygen atoms in total. The predicted molar refractivity (Wildman–Crippen MR) is 131 cm³/mol. The monoisotopic (exact) mass is 471 g/mol. The van der Waals surface area contributed by atoms with Crippen LogP contribution in [0.25, 0.3) is 0 Å². The third-order valence-electron chi connectivity index (χ3n) is 5.99. The molecule has 1 heterocycles. The fraction of sp³-hybridized carbons (Fsp3) is 0.440. The highest BCUT2D eigenvalue weighted by atomic mass is 32.2. The summed E-state index contributed by atoms with van der Waals surface area (Å²) in [4.78, 5) is 27.0. The quantitative estimate of drug-likeness (QED) is 0.679. The van der Waals surface area contributed by atoms with Gasteiger partial charge in [-0.15, -0.1) is 0 Å². The molecule has 0 aliphatic carbocycles. The number of hydrogen-bond acceptors (Lipinski definition) is 4. The summed E-state index contributed by atoms with van der Waals surface area (Å²) in [5, 5.41) is 2.87. The minimum absolute atomic E-state index is 0.104. The van der Waals surface area contributed by atoms with E-state index >= 15 is 0 Å². The molecule has 33 heavy (non-hydrogen) atoms. The van der Waals surface area contributed by atoms with Gasteiger partial charge >= 0.3 is 0 Å². The summed E-state index contributed by atoms with van der Waals surface area (Å²) < 4.78 is 28.0. The molecule has 1 saturated heterocycles. The number of rotatable bonds is 5. The van der Waals surface area contributed by atoms with Crippen LogP contribution in [0.4, 0.5) is 11.4 Å². The molecule has 2 aromatic rings. The van der Waals surface area contributed by atoms with Crippen LogP contribution in [0.5, 0.6) is 0 Å². The summed E-state index contributed by atoms with van der Waals surface area (Å²) in [5.41, 5.74) is 2.71. The van der Waals surface area contributed by atoms with Crippen molar-refractivity contribution < 1.29 is 18.0 Å². The molecule has 0 aromatic heterocycles. The molecule has 0 radical (unpaired) electrons. The lowest BCUT2D eigenvalue weighted by Crippen LogP contribution is -2.45. The molecule has 178 valence electrons. The van der Waals surface area contributed by atoms with Gasteiger partial charge in [0.1, 0.15) is 0 Å². The van der Waals surface area contributed by atoms with Crippen molar-refractivity contribution in [1.29, 1.82) is 0 Å². The SMILES string of the molecule is Cc1ccc(NS(=O)(=O)c2ccc(NC(=O)C3CCN(C(=O)C(C)(C)C)CC3)cc2)cc1C. The summed E-state index contributed by atoms with van der Waals surface area (Å²) in [6, 6.07) is 11.5. The van der Waals surface area contributed by atoms with Gasteiger partial charge in [-0.1, -0.05) is 26.8 Å². The molecule has 1 aliphatic heterocycles. The Labute approximate surface area is 196 Å². The summed E-state index contributed by atoms with van der Waals surface area (Å²) >= 11 is 0. The number of hydrogen-bond donors (Lipinski definition) is 2. The van der Waals surface area contributed by atoms with Gasteiger partial charge in [0.2, 0.25) is 11.8 Å². The maximum atomic E-state index is 12.7. The number of aryl methyl sites for hydroxylation is 2. The lowest BCUT2D eigenvalue weighted by atomic mass is 9.90. The van der Waals surface area contributed by atoms with Gasteiger partial charge in [0, 0.05) is 35.8 Å². The van der Waals surface area contributed by atoms with Gasteiger partial charge in [-0.2, -0.15) is 0 Å². The van der Waals surface area contributed by atoms with Crippen LogP contribution in [0, 0.1) is 25.2 Å². The van der Waals surface area contributed by atoms with Crippen molar-refractivity contribution in [3.8, 4) is 0 Å². The van der Waals surface area contributed by atoms with Crippen LogP contribution in [-0.2, 0) is 19.6 Å². The van der Waals surface area contributed by atoms with Gasteiger partial charge in [-0.25, -0.2) is 8.42 Å². The number of piperidine rings is 1. The Kier molecular flexibility index (Phi) is 7.17. The van der Waals surface area contributed by atoms with Crippen molar-refractivity contribution in [2.75, 3.05) is 23.1 Å². The van der Waals surface area contributed by atoms with Crippen LogP contribution in [-0.4, -0.2) is 38.2 Å². The van der Waals surface area contributed by atoms with Crippen LogP contribution in [0.3, 0.4) is 0 Å². The molecule has 1 aliphatic rings. The van der Waals surface area contributed by atoms with Crippen molar-refractivity contribution in [3.63, 3.8) is 0 Å². The van der Waals surface area contributed by atoms with Crippen molar-refractivity contribution in [2.24, 2.45) is 11.3 Å². The van der Waals surface area contributed by atoms with Gasteiger partial charge in [0.25, 0.3) is 10.0 Å². The Morgan fingerprint density at radius 1 is 0.909 bits per heavy atom. The van der Waals surface area contributed by atoms with E-state index in [1.807, 2.05) is 45.6 Å². The highest BCUT2D eigenvalue weighted by Gasteiger charge is 2.32. The maximum Gasteiger partial charge on any atom is 0.261 e. The van der Waals surface area contributed by atoms with Gasteiger partial charge in [-0.3, -0.25) is 14.3 Å². The number of sulfonamides is 1. The van der Waals surface area contributed by atoms with Crippen molar-refractivity contribution in [3.05, 3.63) is 53.6 Å². The zero-order valence-electron chi connectivity index (χ0n) is 19.9. The minimum atomic E-state index is -3.74. The molecule has 1 fully saturated rings. The van der Waals surface area contributed by atoms with Crippen molar-refractivity contribution in [1.82, 2.24) is 4.90 Å². The lowest BCUT2D eigenvalue weighted by Gasteiger charge is -2.35. The molecule has 0 atom stereocenters. The zero-order valence-corrected chi connectivity index (χ0v) is 20.8. The fourth-order valence-corrected chi connectivity index (χ4v) is 4.85. The first-order valence-electron chi connectivity index (χ1n) is 11.2. The molecule has 2 amide bonds. The highest BCUT2D eigenvalue weighted by molar-refractivity contribution is 7.92. The van der Waals surface area contributed by atoms with E-state index in [9.17, 15) is 18.0 Å². The fourth-order valence-electron chi connectivity index (χ4n) is 3.80. The summed E-state index contributed by atoms with van der Waals surface area (Å²) in [7, 11) is -3.74. The van der Waals surface area contributed by atoms with Crippen LogP contribution in [0.1, 0.15) is 44.7 Å². The topological polar surface area (TPSA) is 95.6 Å². The molecule has 3 rings (SSSR count). The van der Waals surface area contributed by atoms with E-state index in [0.717, 1.165) is 11.1 Å². The zero-order chi connectivity index (χ0) is 24.4. The molecule has 0 spiro atoms. The van der Waals surface area contributed by atoms with E-state index in [2.05, 4.69) is 10.0 Å². The predicted octanol–water partition coefficient (Wildman–Crippen LogP) is 4.33. The Balaban J connectivity index is 1.58. The van der Waals surface area contributed by atoms with Crippen molar-refractivity contribution >= 4 is 33.2 Å². The minimum Gasteiger partial charge on any atom is -0.342 e. The Morgan fingerprint density at radius 2 is 1.48 bits per heavy atom. The first-order valence-corrected chi connectivity index (χ1v) is 12.7. The molecule has 0 unspecified atom stereocenters. The largest absolute Gasteiger partial charge is 0.342 e. The van der Waals surface area contributed by atoms with Crippen LogP contribution in [0.15, 0.2) is 47.4 Å². The van der Waals surface area contributed by atoms with Gasteiger partial charge in [0.05, 0.1) is 4.90 Å². The van der Waals surface area contributed by atoms with Crippen LogP contribution < -0.4 is 10.0 Å². The molecule has 2 N–H and O–H groups in total. The Hall–Kier alpha value is -2.87. The molecule has 8 heteroatoms. The van der Waals surface area contributed by atoms with Gasteiger partial charge in [-0.05, 0) is 74.2 Å². The third kappa shape index (κ3) is 6.13. The van der Waals surface area contributed by atoms with Crippen molar-refractivity contribution in [2.45, 2.75) is 52.4 Å². The van der Waals surface area contributed by atoms with E-state index in [1.54, 1.807) is 24.3 Å². The van der Waals surface area contributed by atoms with E-state index < -0.39 is 15.4 Å². The number of nitrogens with zero attached hydrogens (tertiary/aromatic N) is 1. The second-order valence-electron chi connectivity index (χ2n) is 9.73. The Morgan fingerprint density at radius 3 is 2.03 bits per heavy atom. The Bertz CT molecular complexity index is 1130. The second kappa shape index (κ2) is 9.55. The number of amides is 2. The summed E-state index contributed by atoms with van der Waals surface area (Å²) in [6.07, 6.45) is 1.22. The van der Waals surface area contributed by atoms with E-state index in [-0.39, 0.29) is 22.6 Å². The molecular weight excluding hydrogens is 438 g/mol. The highest BCUT2D eigenvalue weighted by Crippen LogP contribution is 2.25. The molecule has 0 bridgehead atoms. The van der Waals surface area contributed by atoms with E-state index in [4.69, 9.17) is 0 Å². The van der Waals surface area contributed by atoms with Crippen LogP contribution in [0.2, 0.25) is 0 Å². The number of likely N-dealkylation sites (tertiary alicyclic amines) is 1. The summed E-state index contributed by atoms with van der Waals surface area (Å²) in [5.74, 6) is -0.182. The number of nitrogens with one attached hydrogen (secondary N) is 2. The van der Waals surface area contributed by atoms with Gasteiger partial charge in [0.15, 0.2) is 0 Å². The molecule has 2 aromatic carbocycles. The van der Waals surface area contributed by atoms with Crippen LogP contribution >= 0.6 is 0 Å². The maximum absolute atomic E-state index is 12.7. The van der Waals surface area contributed by atoms with E-state index in [1.165, 1.54) is 12.1 Å². The first-order chi connectivity index (χ1) is 15.4. The number of benzene rings is 2. The normalized spacial score (nSPS) is 15.2. The molecule has 0 saturated carbocycles. The van der Waals surface area contributed by atoms with Gasteiger partial charge < -0.3 is 10.2 Å².